The maximum absolute atomic E-state index is 12.3. The second-order valence-corrected chi connectivity index (χ2v) is 6.90. The Morgan fingerprint density at radius 3 is 2.95 bits per heavy atom. The molecule has 1 aromatic heterocycles. The van der Waals surface area contributed by atoms with Crippen molar-refractivity contribution < 1.29 is 19.4 Å². The molecule has 122 valence electrons. The van der Waals surface area contributed by atoms with E-state index >= 15 is 0 Å². The average molecular weight is 325 g/mol. The van der Waals surface area contributed by atoms with Gasteiger partial charge in [0.2, 0.25) is 5.91 Å². The molecule has 1 fully saturated rings. The molecule has 0 aromatic carbocycles. The van der Waals surface area contributed by atoms with Gasteiger partial charge in [0.25, 0.3) is 0 Å². The molecule has 2 rings (SSSR count). The van der Waals surface area contributed by atoms with E-state index in [4.69, 9.17) is 4.74 Å². The van der Waals surface area contributed by atoms with Crippen LogP contribution in [0.2, 0.25) is 0 Å². The van der Waals surface area contributed by atoms with Gasteiger partial charge < -0.3 is 14.7 Å². The number of ether oxygens (including phenoxy) is 1. The van der Waals surface area contributed by atoms with Gasteiger partial charge in [-0.25, -0.2) is 0 Å². The molecule has 1 atom stereocenters. The SMILES string of the molecule is COCC1(C(=O)O)CCCN(C(=O)CCCc2cccs2)C1. The molecule has 0 aliphatic carbocycles. The minimum absolute atomic E-state index is 0.0537. The molecule has 1 aromatic rings. The lowest BCUT2D eigenvalue weighted by atomic mass is 9.80. The second kappa shape index (κ2) is 7.74. The summed E-state index contributed by atoms with van der Waals surface area (Å²) in [6.45, 7) is 1.06. The number of aryl methyl sites for hydroxylation is 1. The lowest BCUT2D eigenvalue weighted by Gasteiger charge is -2.39. The van der Waals surface area contributed by atoms with E-state index < -0.39 is 11.4 Å². The van der Waals surface area contributed by atoms with Crippen molar-refractivity contribution in [3.63, 3.8) is 0 Å². The van der Waals surface area contributed by atoms with Crippen LogP contribution in [0, 0.1) is 5.41 Å². The number of carbonyl (C=O) groups is 2. The number of hydrogen-bond donors (Lipinski definition) is 1. The smallest absolute Gasteiger partial charge is 0.313 e. The summed E-state index contributed by atoms with van der Waals surface area (Å²) in [6, 6.07) is 4.09. The van der Waals surface area contributed by atoms with Gasteiger partial charge in [-0.2, -0.15) is 0 Å². The summed E-state index contributed by atoms with van der Waals surface area (Å²) >= 11 is 1.70. The van der Waals surface area contributed by atoms with Crippen LogP contribution in [0.3, 0.4) is 0 Å². The number of hydrogen-bond acceptors (Lipinski definition) is 4. The average Bonchev–Trinajstić information content (AvgIpc) is 3.01. The number of carbonyl (C=O) groups excluding carboxylic acids is 1. The van der Waals surface area contributed by atoms with E-state index in [9.17, 15) is 14.7 Å². The highest BCUT2D eigenvalue weighted by Gasteiger charge is 2.43. The van der Waals surface area contributed by atoms with E-state index in [0.717, 1.165) is 12.8 Å². The molecule has 0 bridgehead atoms. The first-order chi connectivity index (χ1) is 10.6. The fourth-order valence-corrected chi connectivity index (χ4v) is 3.75. The zero-order chi connectivity index (χ0) is 16.0. The first kappa shape index (κ1) is 17.0. The highest BCUT2D eigenvalue weighted by atomic mass is 32.1. The van der Waals surface area contributed by atoms with Gasteiger partial charge in [-0.15, -0.1) is 11.3 Å². The summed E-state index contributed by atoms with van der Waals surface area (Å²) in [6.07, 6.45) is 3.46. The summed E-state index contributed by atoms with van der Waals surface area (Å²) in [5, 5.41) is 11.5. The summed E-state index contributed by atoms with van der Waals surface area (Å²) in [5.41, 5.74) is -0.948. The Kier molecular flexibility index (Phi) is 5.97. The van der Waals surface area contributed by atoms with Crippen LogP contribution in [0.1, 0.15) is 30.6 Å². The van der Waals surface area contributed by atoms with Crippen LogP contribution in [-0.4, -0.2) is 48.7 Å². The van der Waals surface area contributed by atoms with E-state index in [1.54, 1.807) is 16.2 Å². The van der Waals surface area contributed by atoms with Gasteiger partial charge in [-0.3, -0.25) is 9.59 Å². The fraction of sp³-hybridized carbons (Fsp3) is 0.625. The Hall–Kier alpha value is -1.40. The molecule has 1 unspecified atom stereocenters. The molecule has 0 saturated carbocycles. The summed E-state index contributed by atoms with van der Waals surface area (Å²) in [7, 11) is 1.51. The monoisotopic (exact) mass is 325 g/mol. The number of thiophene rings is 1. The minimum Gasteiger partial charge on any atom is -0.481 e. The Bertz CT molecular complexity index is 498. The molecule has 0 spiro atoms. The van der Waals surface area contributed by atoms with E-state index in [0.29, 0.717) is 25.8 Å². The van der Waals surface area contributed by atoms with Crippen LogP contribution in [0.4, 0.5) is 0 Å². The molecule has 1 amide bonds. The van der Waals surface area contributed by atoms with Crippen molar-refractivity contribution in [2.24, 2.45) is 5.41 Å². The lowest BCUT2D eigenvalue weighted by Crippen LogP contribution is -2.52. The van der Waals surface area contributed by atoms with E-state index in [1.165, 1.54) is 12.0 Å². The third-order valence-corrected chi connectivity index (χ3v) is 5.13. The number of methoxy groups -OCH3 is 1. The normalized spacial score (nSPS) is 21.8. The van der Waals surface area contributed by atoms with Crippen molar-refractivity contribution in [1.82, 2.24) is 4.90 Å². The van der Waals surface area contributed by atoms with Crippen LogP contribution in [0.15, 0.2) is 17.5 Å². The molecule has 1 saturated heterocycles. The number of carboxylic acid groups (broad SMARTS) is 1. The molecular formula is C16H23NO4S. The van der Waals surface area contributed by atoms with Crippen molar-refractivity contribution in [3.8, 4) is 0 Å². The van der Waals surface area contributed by atoms with Crippen LogP contribution in [0.5, 0.6) is 0 Å². The zero-order valence-corrected chi connectivity index (χ0v) is 13.7. The number of aliphatic carboxylic acids is 1. The number of rotatable bonds is 7. The second-order valence-electron chi connectivity index (χ2n) is 5.87. The van der Waals surface area contributed by atoms with Crippen LogP contribution in [-0.2, 0) is 20.7 Å². The Labute approximate surface area is 134 Å². The Balaban J connectivity index is 1.87. The largest absolute Gasteiger partial charge is 0.481 e. The topological polar surface area (TPSA) is 66.8 Å². The number of piperidine rings is 1. The maximum atomic E-state index is 12.3. The predicted octanol–water partition coefficient (Wildman–Crippen LogP) is 2.41. The number of amides is 1. The molecule has 2 heterocycles. The van der Waals surface area contributed by atoms with Crippen molar-refractivity contribution in [2.45, 2.75) is 32.1 Å². The van der Waals surface area contributed by atoms with Crippen molar-refractivity contribution in [1.29, 1.82) is 0 Å². The number of carboxylic acids is 1. The molecule has 1 aliphatic rings. The quantitative estimate of drug-likeness (QED) is 0.836. The molecule has 6 heteroatoms. The van der Waals surface area contributed by atoms with Gasteiger partial charge >= 0.3 is 5.97 Å². The molecular weight excluding hydrogens is 302 g/mol. The van der Waals surface area contributed by atoms with Crippen molar-refractivity contribution in [2.75, 3.05) is 26.8 Å². The number of nitrogens with zero attached hydrogens (tertiary/aromatic N) is 1. The summed E-state index contributed by atoms with van der Waals surface area (Å²) in [5.74, 6) is -0.816. The van der Waals surface area contributed by atoms with Gasteiger partial charge in [0.1, 0.15) is 5.41 Å². The fourth-order valence-electron chi connectivity index (χ4n) is 3.00. The molecule has 5 nitrogen and oxygen atoms in total. The molecule has 0 radical (unpaired) electrons. The van der Waals surface area contributed by atoms with E-state index in [1.807, 2.05) is 11.4 Å². The molecule has 22 heavy (non-hydrogen) atoms. The first-order valence-corrected chi connectivity index (χ1v) is 8.48. The van der Waals surface area contributed by atoms with Gasteiger partial charge in [-0.05, 0) is 37.1 Å². The predicted molar refractivity (Wildman–Crippen MR) is 85.0 cm³/mol. The van der Waals surface area contributed by atoms with Gasteiger partial charge in [-0.1, -0.05) is 6.07 Å². The Morgan fingerprint density at radius 1 is 1.50 bits per heavy atom. The van der Waals surface area contributed by atoms with Gasteiger partial charge in [0, 0.05) is 31.5 Å². The van der Waals surface area contributed by atoms with Crippen LogP contribution < -0.4 is 0 Å². The molecule has 1 N–H and O–H groups in total. The molecule has 1 aliphatic heterocycles. The van der Waals surface area contributed by atoms with Gasteiger partial charge in [0.05, 0.1) is 6.61 Å². The van der Waals surface area contributed by atoms with E-state index in [2.05, 4.69) is 6.07 Å². The van der Waals surface area contributed by atoms with Gasteiger partial charge in [0.15, 0.2) is 0 Å². The highest BCUT2D eigenvalue weighted by molar-refractivity contribution is 7.09. The standard InChI is InChI=1S/C16H23NO4S/c1-21-12-16(15(19)20)8-4-9-17(11-16)14(18)7-2-5-13-6-3-10-22-13/h3,6,10H,2,4-5,7-9,11-12H2,1H3,(H,19,20). The lowest BCUT2D eigenvalue weighted by molar-refractivity contribution is -0.159. The summed E-state index contributed by atoms with van der Waals surface area (Å²) in [4.78, 5) is 26.9. The maximum Gasteiger partial charge on any atom is 0.313 e. The first-order valence-electron chi connectivity index (χ1n) is 7.60. The van der Waals surface area contributed by atoms with Crippen LogP contribution in [0.25, 0.3) is 0 Å². The third-order valence-electron chi connectivity index (χ3n) is 4.20. The Morgan fingerprint density at radius 2 is 2.32 bits per heavy atom. The third kappa shape index (κ3) is 4.08. The van der Waals surface area contributed by atoms with E-state index in [-0.39, 0.29) is 19.1 Å². The number of likely N-dealkylation sites (tertiary alicyclic amines) is 1. The van der Waals surface area contributed by atoms with Crippen molar-refractivity contribution in [3.05, 3.63) is 22.4 Å². The summed E-state index contributed by atoms with van der Waals surface area (Å²) < 4.78 is 5.09. The zero-order valence-electron chi connectivity index (χ0n) is 12.9. The van der Waals surface area contributed by atoms with Crippen LogP contribution >= 0.6 is 11.3 Å². The van der Waals surface area contributed by atoms with Crippen molar-refractivity contribution >= 4 is 23.2 Å². The highest BCUT2D eigenvalue weighted by Crippen LogP contribution is 2.31. The minimum atomic E-state index is -0.948.